The van der Waals surface area contributed by atoms with Gasteiger partial charge in [0.2, 0.25) is 0 Å². The van der Waals surface area contributed by atoms with Crippen molar-refractivity contribution >= 4 is 10.8 Å². The SMILES string of the molecule is C=C(C)C(C)(C)c1ccc2ccccc2c1. The zero-order chi connectivity index (χ0) is 11.8. The Kier molecular flexibility index (Phi) is 2.59. The molecule has 0 amide bonds. The molecule has 0 aliphatic rings. The number of hydrogen-bond donors (Lipinski definition) is 0. The molecule has 0 bridgehead atoms. The van der Waals surface area contributed by atoms with Crippen LogP contribution in [0, 0.1) is 0 Å². The molecule has 16 heavy (non-hydrogen) atoms. The average molecular weight is 210 g/mol. The van der Waals surface area contributed by atoms with Gasteiger partial charge in [-0.05, 0) is 23.3 Å². The molecule has 0 saturated heterocycles. The minimum Gasteiger partial charge on any atom is -0.0993 e. The summed E-state index contributed by atoms with van der Waals surface area (Å²) in [5.74, 6) is 0. The molecule has 0 saturated carbocycles. The number of benzene rings is 2. The van der Waals surface area contributed by atoms with Gasteiger partial charge >= 0.3 is 0 Å². The predicted octanol–water partition coefficient (Wildman–Crippen LogP) is 4.69. The van der Waals surface area contributed by atoms with Gasteiger partial charge in [0, 0.05) is 5.41 Å². The second kappa shape index (κ2) is 3.79. The summed E-state index contributed by atoms with van der Waals surface area (Å²) in [6.07, 6.45) is 0. The van der Waals surface area contributed by atoms with Gasteiger partial charge in [-0.1, -0.05) is 68.5 Å². The van der Waals surface area contributed by atoms with Crippen molar-refractivity contribution in [2.75, 3.05) is 0 Å². The van der Waals surface area contributed by atoms with E-state index in [4.69, 9.17) is 0 Å². The van der Waals surface area contributed by atoms with Crippen LogP contribution < -0.4 is 0 Å². The van der Waals surface area contributed by atoms with Crippen LogP contribution in [0.25, 0.3) is 10.8 Å². The van der Waals surface area contributed by atoms with Crippen LogP contribution in [-0.2, 0) is 5.41 Å². The number of hydrogen-bond acceptors (Lipinski definition) is 0. The van der Waals surface area contributed by atoms with Crippen LogP contribution in [-0.4, -0.2) is 0 Å². The highest BCUT2D eigenvalue weighted by molar-refractivity contribution is 5.83. The van der Waals surface area contributed by atoms with Crippen molar-refractivity contribution in [3.8, 4) is 0 Å². The van der Waals surface area contributed by atoms with Gasteiger partial charge in [0.15, 0.2) is 0 Å². The zero-order valence-electron chi connectivity index (χ0n) is 10.2. The van der Waals surface area contributed by atoms with Gasteiger partial charge in [-0.2, -0.15) is 0 Å². The Morgan fingerprint density at radius 3 is 2.25 bits per heavy atom. The van der Waals surface area contributed by atoms with E-state index in [1.165, 1.54) is 21.9 Å². The molecule has 82 valence electrons. The first-order valence-electron chi connectivity index (χ1n) is 5.67. The summed E-state index contributed by atoms with van der Waals surface area (Å²) in [7, 11) is 0. The molecule has 0 aliphatic heterocycles. The van der Waals surface area contributed by atoms with Crippen LogP contribution in [0.15, 0.2) is 54.6 Å². The molecule has 0 aliphatic carbocycles. The van der Waals surface area contributed by atoms with Crippen molar-refractivity contribution in [3.63, 3.8) is 0 Å². The molecular weight excluding hydrogens is 192 g/mol. The van der Waals surface area contributed by atoms with Gasteiger partial charge in [-0.3, -0.25) is 0 Å². The quantitative estimate of drug-likeness (QED) is 0.631. The molecule has 2 aromatic rings. The highest BCUT2D eigenvalue weighted by Crippen LogP contribution is 2.31. The summed E-state index contributed by atoms with van der Waals surface area (Å²) < 4.78 is 0. The average Bonchev–Trinajstić information content (AvgIpc) is 2.28. The van der Waals surface area contributed by atoms with E-state index in [1.807, 2.05) is 0 Å². The van der Waals surface area contributed by atoms with E-state index in [0.717, 1.165) is 0 Å². The van der Waals surface area contributed by atoms with Gasteiger partial charge in [-0.15, -0.1) is 0 Å². The molecule has 2 aromatic carbocycles. The van der Waals surface area contributed by atoms with Crippen LogP contribution in [0.5, 0.6) is 0 Å². The number of allylic oxidation sites excluding steroid dienone is 1. The van der Waals surface area contributed by atoms with E-state index in [2.05, 4.69) is 69.8 Å². The van der Waals surface area contributed by atoms with Crippen LogP contribution in [0.2, 0.25) is 0 Å². The fourth-order valence-electron chi connectivity index (χ4n) is 1.82. The van der Waals surface area contributed by atoms with Gasteiger partial charge in [0.25, 0.3) is 0 Å². The van der Waals surface area contributed by atoms with Crippen molar-refractivity contribution in [1.82, 2.24) is 0 Å². The smallest absolute Gasteiger partial charge is 0.00998 e. The summed E-state index contributed by atoms with van der Waals surface area (Å²) in [5.41, 5.74) is 2.57. The molecule has 0 radical (unpaired) electrons. The van der Waals surface area contributed by atoms with Crippen molar-refractivity contribution in [2.24, 2.45) is 0 Å². The molecule has 2 rings (SSSR count). The molecule has 0 spiro atoms. The minimum absolute atomic E-state index is 0.0457. The van der Waals surface area contributed by atoms with Crippen LogP contribution in [0.3, 0.4) is 0 Å². The maximum Gasteiger partial charge on any atom is 0.00998 e. The van der Waals surface area contributed by atoms with E-state index < -0.39 is 0 Å². The van der Waals surface area contributed by atoms with Crippen molar-refractivity contribution in [1.29, 1.82) is 0 Å². The zero-order valence-corrected chi connectivity index (χ0v) is 10.2. The Balaban J connectivity index is 2.59. The van der Waals surface area contributed by atoms with Gasteiger partial charge in [0.05, 0.1) is 0 Å². The summed E-state index contributed by atoms with van der Waals surface area (Å²) in [5, 5.41) is 2.60. The second-order valence-electron chi connectivity index (χ2n) is 4.97. The van der Waals surface area contributed by atoms with Crippen LogP contribution >= 0.6 is 0 Å². The highest BCUT2D eigenvalue weighted by atomic mass is 14.2. The number of fused-ring (bicyclic) bond motifs is 1. The van der Waals surface area contributed by atoms with E-state index in [1.54, 1.807) is 0 Å². The predicted molar refractivity (Wildman–Crippen MR) is 71.8 cm³/mol. The van der Waals surface area contributed by atoms with Crippen LogP contribution in [0.1, 0.15) is 26.3 Å². The van der Waals surface area contributed by atoms with Crippen molar-refractivity contribution < 1.29 is 0 Å². The molecule has 0 N–H and O–H groups in total. The summed E-state index contributed by atoms with van der Waals surface area (Å²) in [4.78, 5) is 0. The summed E-state index contributed by atoms with van der Waals surface area (Å²) >= 11 is 0. The maximum atomic E-state index is 4.08. The standard InChI is InChI=1S/C16H18/c1-12(2)16(3,4)15-10-9-13-7-5-6-8-14(13)11-15/h5-11H,1H2,2-4H3. The third-order valence-corrected chi connectivity index (χ3v) is 3.54. The van der Waals surface area contributed by atoms with Gasteiger partial charge in [0.1, 0.15) is 0 Å². The third-order valence-electron chi connectivity index (χ3n) is 3.54. The maximum absolute atomic E-state index is 4.08. The van der Waals surface area contributed by atoms with E-state index >= 15 is 0 Å². The van der Waals surface area contributed by atoms with Gasteiger partial charge < -0.3 is 0 Å². The second-order valence-corrected chi connectivity index (χ2v) is 4.97. The Hall–Kier alpha value is -1.56. The first-order valence-corrected chi connectivity index (χ1v) is 5.67. The van der Waals surface area contributed by atoms with E-state index in [0.29, 0.717) is 0 Å². The van der Waals surface area contributed by atoms with Crippen molar-refractivity contribution in [3.05, 3.63) is 60.2 Å². The minimum atomic E-state index is 0.0457. The highest BCUT2D eigenvalue weighted by Gasteiger charge is 2.21. The Bertz CT molecular complexity index is 532. The fourth-order valence-corrected chi connectivity index (χ4v) is 1.82. The lowest BCUT2D eigenvalue weighted by molar-refractivity contribution is 0.627. The molecule has 0 heterocycles. The molecule has 0 unspecified atom stereocenters. The van der Waals surface area contributed by atoms with Crippen LogP contribution in [0.4, 0.5) is 0 Å². The van der Waals surface area contributed by atoms with Crippen molar-refractivity contribution in [2.45, 2.75) is 26.2 Å². The fraction of sp³-hybridized carbons (Fsp3) is 0.250. The lowest BCUT2D eigenvalue weighted by Gasteiger charge is -2.26. The Labute approximate surface area is 97.6 Å². The normalized spacial score (nSPS) is 11.7. The first-order chi connectivity index (χ1) is 7.51. The number of rotatable bonds is 2. The topological polar surface area (TPSA) is 0 Å². The molecule has 0 nitrogen and oxygen atoms in total. The summed E-state index contributed by atoms with van der Waals surface area (Å²) in [6, 6.07) is 15.1. The Morgan fingerprint density at radius 1 is 1.00 bits per heavy atom. The molecule has 0 atom stereocenters. The van der Waals surface area contributed by atoms with Gasteiger partial charge in [-0.25, -0.2) is 0 Å². The lowest BCUT2D eigenvalue weighted by Crippen LogP contribution is -2.17. The van der Waals surface area contributed by atoms with E-state index in [9.17, 15) is 0 Å². The lowest BCUT2D eigenvalue weighted by atomic mass is 9.78. The molecular formula is C16H18. The molecule has 0 heteroatoms. The monoisotopic (exact) mass is 210 g/mol. The first kappa shape index (κ1) is 10.9. The summed E-state index contributed by atoms with van der Waals surface area (Å²) in [6.45, 7) is 10.6. The Morgan fingerprint density at radius 2 is 1.62 bits per heavy atom. The molecule has 0 fully saturated rings. The van der Waals surface area contributed by atoms with E-state index in [-0.39, 0.29) is 5.41 Å². The largest absolute Gasteiger partial charge is 0.0993 e. The molecule has 0 aromatic heterocycles. The third kappa shape index (κ3) is 1.76.